The average Bonchev–Trinajstić information content (AvgIpc) is 0.939. The Morgan fingerprint density at radius 3 is 0.694 bits per heavy atom. The highest BCUT2D eigenvalue weighted by Crippen LogP contribution is 2.45. The van der Waals surface area contributed by atoms with Gasteiger partial charge in [0.25, 0.3) is 0 Å². The van der Waals surface area contributed by atoms with E-state index in [1.165, 1.54) is 212 Å². The van der Waals surface area contributed by atoms with Gasteiger partial charge in [0.15, 0.2) is 12.2 Å². The molecule has 17 nitrogen and oxygen atoms in total. The first-order valence-electron chi connectivity index (χ1n) is 40.8. The first-order valence-corrected chi connectivity index (χ1v) is 43.8. The lowest BCUT2D eigenvalue weighted by Crippen LogP contribution is -2.30. The van der Waals surface area contributed by atoms with Crippen LogP contribution in [0, 0.1) is 17.8 Å². The van der Waals surface area contributed by atoms with Crippen LogP contribution in [0.25, 0.3) is 0 Å². The lowest BCUT2D eigenvalue weighted by Gasteiger charge is -2.21. The molecule has 0 spiro atoms. The molecule has 0 aliphatic rings. The summed E-state index contributed by atoms with van der Waals surface area (Å²) < 4.78 is 68.6. The summed E-state index contributed by atoms with van der Waals surface area (Å²) >= 11 is 0. The van der Waals surface area contributed by atoms with Crippen molar-refractivity contribution in [2.24, 2.45) is 17.8 Å². The Morgan fingerprint density at radius 1 is 0.276 bits per heavy atom. The van der Waals surface area contributed by atoms with Gasteiger partial charge in [0, 0.05) is 25.7 Å². The summed E-state index contributed by atoms with van der Waals surface area (Å²) in [6.45, 7) is 11.9. The number of rotatable bonds is 77. The third-order valence-electron chi connectivity index (χ3n) is 18.4. The van der Waals surface area contributed by atoms with Crippen molar-refractivity contribution < 1.29 is 80.2 Å². The molecule has 0 fully saturated rings. The number of hydrogen-bond donors (Lipinski definition) is 3. The molecular formula is C79H154O17P2. The maximum Gasteiger partial charge on any atom is 0.472 e. The van der Waals surface area contributed by atoms with Crippen molar-refractivity contribution in [1.82, 2.24) is 0 Å². The summed E-state index contributed by atoms with van der Waals surface area (Å²) in [5, 5.41) is 10.6. The van der Waals surface area contributed by atoms with Gasteiger partial charge in [-0.2, -0.15) is 0 Å². The fourth-order valence-corrected chi connectivity index (χ4v) is 13.7. The third-order valence-corrected chi connectivity index (χ3v) is 20.3. The smallest absolute Gasteiger partial charge is 0.462 e. The van der Waals surface area contributed by atoms with Crippen LogP contribution in [-0.2, 0) is 65.4 Å². The topological polar surface area (TPSA) is 237 Å². The first kappa shape index (κ1) is 96.1. The van der Waals surface area contributed by atoms with Gasteiger partial charge in [-0.3, -0.25) is 37.3 Å². The Kier molecular flexibility index (Phi) is 68.1. The van der Waals surface area contributed by atoms with Crippen LogP contribution in [0.2, 0.25) is 0 Å². The predicted molar refractivity (Wildman–Crippen MR) is 400 cm³/mol. The molecule has 98 heavy (non-hydrogen) atoms. The molecule has 582 valence electrons. The minimum Gasteiger partial charge on any atom is -0.462 e. The van der Waals surface area contributed by atoms with Crippen LogP contribution in [0.5, 0.6) is 0 Å². The zero-order valence-corrected chi connectivity index (χ0v) is 66.0. The van der Waals surface area contributed by atoms with Gasteiger partial charge in [0.05, 0.1) is 26.4 Å². The fraction of sp³-hybridized carbons (Fsp3) is 0.949. The van der Waals surface area contributed by atoms with Crippen molar-refractivity contribution in [3.05, 3.63) is 0 Å². The number of ether oxygens (including phenoxy) is 4. The maximum atomic E-state index is 13.1. The molecule has 0 aliphatic carbocycles. The SMILES string of the molecule is CCCCCCCCCCCCCCCCCCCCCCC(=O)O[C@H](COC(=O)CCCCCCCCCCCCCCCC(C)C)COP(=O)(O)OC[C@@H](O)COP(=O)(O)OC[C@@H](COC(=O)CCCCCCCCCC(C)C)OC(=O)CCCCCCCCCCCC(C)C. The van der Waals surface area contributed by atoms with Crippen LogP contribution in [0.3, 0.4) is 0 Å². The Bertz CT molecular complexity index is 1900. The quantitative estimate of drug-likeness (QED) is 0.0222. The molecule has 0 bridgehead atoms. The van der Waals surface area contributed by atoms with Crippen LogP contribution < -0.4 is 0 Å². The summed E-state index contributed by atoms with van der Waals surface area (Å²) in [5.41, 5.74) is 0. The molecule has 0 radical (unpaired) electrons. The largest absolute Gasteiger partial charge is 0.472 e. The minimum absolute atomic E-state index is 0.104. The van der Waals surface area contributed by atoms with Crippen LogP contribution in [0.15, 0.2) is 0 Å². The number of unbranched alkanes of at least 4 members (excludes halogenated alkanes) is 45. The fourth-order valence-electron chi connectivity index (χ4n) is 12.1. The summed E-state index contributed by atoms with van der Waals surface area (Å²) in [4.78, 5) is 72.9. The summed E-state index contributed by atoms with van der Waals surface area (Å²) in [7, 11) is -9.92. The Balaban J connectivity index is 5.23. The molecule has 0 saturated heterocycles. The van der Waals surface area contributed by atoms with E-state index in [4.69, 9.17) is 37.0 Å². The number of aliphatic hydroxyl groups is 1. The van der Waals surface area contributed by atoms with Gasteiger partial charge in [-0.15, -0.1) is 0 Å². The van der Waals surface area contributed by atoms with Gasteiger partial charge in [0.2, 0.25) is 0 Å². The van der Waals surface area contributed by atoms with E-state index in [0.717, 1.165) is 108 Å². The number of carbonyl (C=O) groups is 4. The standard InChI is InChI=1S/C79H154O17P2/c1-8-9-10-11-12-13-14-15-16-17-18-19-20-21-24-28-33-40-48-55-62-78(83)95-74(66-89-76(81)60-53-46-39-32-27-25-22-23-26-30-36-43-50-57-70(2)3)68-93-97(85,86)91-64-73(80)65-92-98(87,88)94-69-75(67-90-77(82)61-54-47-42-35-38-45-52-59-72(6)7)96-79(84)63-56-49-41-34-29-31-37-44-51-58-71(4)5/h70-75,80H,8-69H2,1-7H3,(H,85,86)(H,87,88)/t73-,74-,75-/m1/s1. The van der Waals surface area contributed by atoms with Gasteiger partial charge < -0.3 is 33.8 Å². The zero-order valence-electron chi connectivity index (χ0n) is 64.3. The molecule has 0 saturated carbocycles. The molecule has 0 aromatic rings. The molecule has 0 aromatic heterocycles. The van der Waals surface area contributed by atoms with Gasteiger partial charge in [0.1, 0.15) is 19.3 Å². The summed E-state index contributed by atoms with van der Waals surface area (Å²) in [5.74, 6) is 0.116. The van der Waals surface area contributed by atoms with Crippen molar-refractivity contribution >= 4 is 39.5 Å². The Morgan fingerprint density at radius 2 is 0.469 bits per heavy atom. The second-order valence-corrected chi connectivity index (χ2v) is 32.8. The molecule has 0 aromatic carbocycles. The molecule has 19 heteroatoms. The van der Waals surface area contributed by atoms with Crippen molar-refractivity contribution in [1.29, 1.82) is 0 Å². The third kappa shape index (κ3) is 72.4. The predicted octanol–water partition coefficient (Wildman–Crippen LogP) is 23.4. The van der Waals surface area contributed by atoms with E-state index in [-0.39, 0.29) is 25.7 Å². The van der Waals surface area contributed by atoms with Crippen LogP contribution >= 0.6 is 15.6 Å². The van der Waals surface area contributed by atoms with E-state index in [9.17, 15) is 43.2 Å². The van der Waals surface area contributed by atoms with Crippen molar-refractivity contribution in [2.75, 3.05) is 39.6 Å². The van der Waals surface area contributed by atoms with Gasteiger partial charge in [-0.1, -0.05) is 357 Å². The monoisotopic (exact) mass is 1440 g/mol. The number of esters is 4. The van der Waals surface area contributed by atoms with E-state index in [1.54, 1.807) is 0 Å². The van der Waals surface area contributed by atoms with E-state index >= 15 is 0 Å². The molecular weight excluding hydrogens is 1280 g/mol. The van der Waals surface area contributed by atoms with E-state index < -0.39 is 97.5 Å². The average molecular weight is 1440 g/mol. The number of carbonyl (C=O) groups excluding carboxylic acids is 4. The molecule has 0 rings (SSSR count). The number of aliphatic hydroxyl groups excluding tert-OH is 1. The molecule has 3 N–H and O–H groups in total. The van der Waals surface area contributed by atoms with Gasteiger partial charge in [-0.25, -0.2) is 9.13 Å². The minimum atomic E-state index is -4.96. The molecule has 0 heterocycles. The number of phosphoric acid groups is 2. The lowest BCUT2D eigenvalue weighted by molar-refractivity contribution is -0.161. The van der Waals surface area contributed by atoms with E-state index in [1.807, 2.05) is 0 Å². The second-order valence-electron chi connectivity index (χ2n) is 29.9. The summed E-state index contributed by atoms with van der Waals surface area (Å²) in [6.07, 6.45) is 57.1. The number of phosphoric ester groups is 2. The van der Waals surface area contributed by atoms with Crippen molar-refractivity contribution in [2.45, 2.75) is 426 Å². The lowest BCUT2D eigenvalue weighted by atomic mass is 10.0. The highest BCUT2D eigenvalue weighted by molar-refractivity contribution is 7.47. The van der Waals surface area contributed by atoms with E-state index in [0.29, 0.717) is 31.6 Å². The van der Waals surface area contributed by atoms with Crippen molar-refractivity contribution in [3.63, 3.8) is 0 Å². The Labute approximate surface area is 600 Å². The molecule has 0 amide bonds. The highest BCUT2D eigenvalue weighted by Gasteiger charge is 2.30. The van der Waals surface area contributed by atoms with Crippen LogP contribution in [0.1, 0.15) is 408 Å². The normalized spacial score (nSPS) is 14.0. The van der Waals surface area contributed by atoms with Crippen LogP contribution in [0.4, 0.5) is 0 Å². The first-order chi connectivity index (χ1) is 47.2. The maximum absolute atomic E-state index is 13.1. The van der Waals surface area contributed by atoms with Crippen LogP contribution in [-0.4, -0.2) is 96.7 Å². The molecule has 2 unspecified atom stereocenters. The zero-order chi connectivity index (χ0) is 72.3. The number of hydrogen-bond acceptors (Lipinski definition) is 15. The second kappa shape index (κ2) is 69.4. The van der Waals surface area contributed by atoms with E-state index in [2.05, 4.69) is 48.5 Å². The molecule has 0 aliphatic heterocycles. The van der Waals surface area contributed by atoms with Crippen molar-refractivity contribution in [3.8, 4) is 0 Å². The van der Waals surface area contributed by atoms with Gasteiger partial charge >= 0.3 is 39.5 Å². The Hall–Kier alpha value is -1.94. The highest BCUT2D eigenvalue weighted by atomic mass is 31.2. The molecule has 5 atom stereocenters. The van der Waals surface area contributed by atoms with Gasteiger partial charge in [-0.05, 0) is 43.4 Å². The summed E-state index contributed by atoms with van der Waals surface area (Å²) in [6, 6.07) is 0.